The first-order valence-electron chi connectivity index (χ1n) is 8.65. The number of nitrogens with one attached hydrogen (secondary N) is 1. The summed E-state index contributed by atoms with van der Waals surface area (Å²) in [6.07, 6.45) is 2.21. The summed E-state index contributed by atoms with van der Waals surface area (Å²) in [6, 6.07) is 4.19. The number of benzene rings is 1. The zero-order valence-corrected chi connectivity index (χ0v) is 19.3. The van der Waals surface area contributed by atoms with Crippen LogP contribution in [0.1, 0.15) is 19.4 Å². The van der Waals surface area contributed by atoms with Crippen LogP contribution in [0.15, 0.2) is 33.2 Å². The number of amides is 1. The van der Waals surface area contributed by atoms with Crippen LogP contribution in [0.5, 0.6) is 11.5 Å². The van der Waals surface area contributed by atoms with E-state index >= 15 is 0 Å². The predicted molar refractivity (Wildman–Crippen MR) is 118 cm³/mol. The topological polar surface area (TPSA) is 156 Å². The molecule has 0 aliphatic carbocycles. The third-order valence-electron chi connectivity index (χ3n) is 4.11. The molecule has 31 heavy (non-hydrogen) atoms. The molecule has 11 nitrogen and oxygen atoms in total. The molecule has 1 aromatic rings. The SMILES string of the molecule is COc1cc(/C=C2/C(=N)N3C(=NC2=O)SN=C3S(=O)(=O)C(C)C)ccc1OS(C)(=O)=O. The molecule has 0 saturated carbocycles. The van der Waals surface area contributed by atoms with Crippen molar-refractivity contribution in [2.75, 3.05) is 13.4 Å². The van der Waals surface area contributed by atoms with Crippen molar-refractivity contribution in [2.45, 2.75) is 19.1 Å². The van der Waals surface area contributed by atoms with Gasteiger partial charge in [0.25, 0.3) is 5.91 Å². The molecule has 2 aliphatic rings. The minimum Gasteiger partial charge on any atom is -0.493 e. The molecule has 0 saturated heterocycles. The van der Waals surface area contributed by atoms with Gasteiger partial charge in [-0.1, -0.05) is 6.07 Å². The van der Waals surface area contributed by atoms with Crippen LogP contribution in [0.2, 0.25) is 0 Å². The van der Waals surface area contributed by atoms with Crippen LogP contribution in [0.3, 0.4) is 0 Å². The summed E-state index contributed by atoms with van der Waals surface area (Å²) in [7, 11) is -6.30. The van der Waals surface area contributed by atoms with E-state index in [4.69, 9.17) is 14.3 Å². The van der Waals surface area contributed by atoms with Gasteiger partial charge >= 0.3 is 10.1 Å². The molecule has 0 aromatic heterocycles. The Morgan fingerprint density at radius 1 is 1.19 bits per heavy atom. The van der Waals surface area contributed by atoms with Gasteiger partial charge in [0.1, 0.15) is 5.84 Å². The van der Waals surface area contributed by atoms with Gasteiger partial charge in [0.15, 0.2) is 11.5 Å². The van der Waals surface area contributed by atoms with Crippen molar-refractivity contribution in [3.8, 4) is 11.5 Å². The number of fused-ring (bicyclic) bond motifs is 1. The second-order valence-electron chi connectivity index (χ2n) is 6.70. The monoisotopic (exact) mass is 486 g/mol. The first-order chi connectivity index (χ1) is 14.3. The second-order valence-corrected chi connectivity index (χ2v) is 11.4. The van der Waals surface area contributed by atoms with Crippen molar-refractivity contribution < 1.29 is 30.6 Å². The number of carbonyl (C=O) groups excluding carboxylic acids is 1. The minimum atomic E-state index is -3.83. The van der Waals surface area contributed by atoms with Crippen LogP contribution in [0.4, 0.5) is 0 Å². The number of amidine groups is 3. The quantitative estimate of drug-likeness (QED) is 0.369. The van der Waals surface area contributed by atoms with E-state index < -0.39 is 36.9 Å². The van der Waals surface area contributed by atoms with Gasteiger partial charge in [-0.15, -0.1) is 0 Å². The highest BCUT2D eigenvalue weighted by Gasteiger charge is 2.43. The Bertz CT molecular complexity index is 1280. The molecule has 2 heterocycles. The molecule has 0 unspecified atom stereocenters. The molecular weight excluding hydrogens is 468 g/mol. The maximum absolute atomic E-state index is 12.6. The molecule has 1 aromatic carbocycles. The van der Waals surface area contributed by atoms with Crippen molar-refractivity contribution >= 4 is 60.1 Å². The third kappa shape index (κ3) is 4.50. The van der Waals surface area contributed by atoms with Crippen LogP contribution >= 0.6 is 11.9 Å². The van der Waals surface area contributed by atoms with Crippen molar-refractivity contribution in [3.05, 3.63) is 29.3 Å². The molecule has 166 valence electrons. The molecular formula is C17H18N4O7S3. The average molecular weight is 487 g/mol. The first kappa shape index (κ1) is 23.0. The van der Waals surface area contributed by atoms with E-state index in [1.165, 1.54) is 45.2 Å². The molecule has 3 rings (SSSR count). The summed E-state index contributed by atoms with van der Waals surface area (Å²) in [4.78, 5) is 17.3. The molecule has 0 fully saturated rings. The van der Waals surface area contributed by atoms with Crippen molar-refractivity contribution in [1.29, 1.82) is 5.41 Å². The highest BCUT2D eigenvalue weighted by Crippen LogP contribution is 2.33. The largest absolute Gasteiger partial charge is 0.493 e. The highest BCUT2D eigenvalue weighted by molar-refractivity contribution is 8.16. The summed E-state index contributed by atoms with van der Waals surface area (Å²) < 4.78 is 61.8. The van der Waals surface area contributed by atoms with E-state index in [9.17, 15) is 21.6 Å². The summed E-state index contributed by atoms with van der Waals surface area (Å²) in [5, 5.41) is 7.27. The zero-order valence-electron chi connectivity index (χ0n) is 16.8. The van der Waals surface area contributed by atoms with Crippen molar-refractivity contribution in [2.24, 2.45) is 9.39 Å². The molecule has 2 aliphatic heterocycles. The number of aliphatic imine (C=N–C) groups is 1. The lowest BCUT2D eigenvalue weighted by molar-refractivity contribution is -0.114. The number of sulfone groups is 1. The fourth-order valence-electron chi connectivity index (χ4n) is 2.57. The number of rotatable bonds is 5. The second kappa shape index (κ2) is 8.09. The Morgan fingerprint density at radius 2 is 1.87 bits per heavy atom. The standard InChI is InChI=1S/C17H18N4O7S3/c1-9(2)31(25,26)17-20-29-16-19-15(22)11(14(18)21(16)17)7-10-5-6-12(13(8-10)27-3)28-30(4,23)24/h5-9,18H,1-4H3/b11-7-,18-14?. The van der Waals surface area contributed by atoms with Gasteiger partial charge in [0, 0.05) is 0 Å². The van der Waals surface area contributed by atoms with E-state index in [0.29, 0.717) is 17.5 Å². The maximum Gasteiger partial charge on any atom is 0.306 e. The predicted octanol–water partition coefficient (Wildman–Crippen LogP) is 1.43. The minimum absolute atomic E-state index is 0.0131. The normalized spacial score (nSPS) is 18.2. The summed E-state index contributed by atoms with van der Waals surface area (Å²) in [5.41, 5.74) is 0.207. The summed E-state index contributed by atoms with van der Waals surface area (Å²) in [6.45, 7) is 2.97. The van der Waals surface area contributed by atoms with Crippen LogP contribution in [-0.4, -0.2) is 62.4 Å². The van der Waals surface area contributed by atoms with Gasteiger partial charge in [0.05, 0.1) is 36.1 Å². The number of ether oxygens (including phenoxy) is 1. The van der Waals surface area contributed by atoms with Crippen LogP contribution in [0, 0.1) is 5.41 Å². The molecule has 14 heteroatoms. The Kier molecular flexibility index (Phi) is 5.99. The third-order valence-corrected chi connectivity index (χ3v) is 7.43. The molecule has 1 amide bonds. The Balaban J connectivity index is 2.02. The molecule has 0 bridgehead atoms. The van der Waals surface area contributed by atoms with Crippen LogP contribution in [0.25, 0.3) is 6.08 Å². The van der Waals surface area contributed by atoms with Crippen molar-refractivity contribution in [1.82, 2.24) is 4.90 Å². The molecule has 0 atom stereocenters. The van der Waals surface area contributed by atoms with E-state index in [1.807, 2.05) is 0 Å². The summed E-state index contributed by atoms with van der Waals surface area (Å²) >= 11 is 0.710. The first-order valence-corrected chi connectivity index (χ1v) is 12.8. The summed E-state index contributed by atoms with van der Waals surface area (Å²) in [5.74, 6) is -1.10. The van der Waals surface area contributed by atoms with E-state index in [0.717, 1.165) is 11.2 Å². The number of carbonyl (C=O) groups is 1. The van der Waals surface area contributed by atoms with Gasteiger partial charge in [-0.25, -0.2) is 13.3 Å². The van der Waals surface area contributed by atoms with Gasteiger partial charge in [-0.2, -0.15) is 17.8 Å². The fourth-order valence-corrected chi connectivity index (χ4v) is 5.09. The van der Waals surface area contributed by atoms with E-state index in [-0.39, 0.29) is 27.4 Å². The molecule has 0 radical (unpaired) electrons. The van der Waals surface area contributed by atoms with Crippen LogP contribution < -0.4 is 8.92 Å². The lowest BCUT2D eigenvalue weighted by Crippen LogP contribution is -2.46. The lowest BCUT2D eigenvalue weighted by Gasteiger charge is -2.25. The van der Waals surface area contributed by atoms with E-state index in [2.05, 4.69) is 9.39 Å². The number of methoxy groups -OCH3 is 1. The highest BCUT2D eigenvalue weighted by atomic mass is 32.2. The van der Waals surface area contributed by atoms with Gasteiger partial charge < -0.3 is 8.92 Å². The van der Waals surface area contributed by atoms with E-state index in [1.54, 1.807) is 0 Å². The smallest absolute Gasteiger partial charge is 0.306 e. The number of hydrogen-bond acceptors (Lipinski definition) is 10. The maximum atomic E-state index is 12.6. The molecule has 0 spiro atoms. The zero-order chi connectivity index (χ0) is 23.1. The number of hydrogen-bond donors (Lipinski definition) is 1. The van der Waals surface area contributed by atoms with Gasteiger partial charge in [0.2, 0.25) is 20.2 Å². The molecule has 1 N–H and O–H groups in total. The Hall–Kier alpha value is -2.71. The lowest BCUT2D eigenvalue weighted by atomic mass is 10.1. The van der Waals surface area contributed by atoms with Crippen LogP contribution in [-0.2, 0) is 24.7 Å². The Labute approximate surface area is 183 Å². The average Bonchev–Trinajstić information content (AvgIpc) is 3.09. The van der Waals surface area contributed by atoms with Gasteiger partial charge in [-0.3, -0.25) is 10.2 Å². The van der Waals surface area contributed by atoms with Crippen molar-refractivity contribution in [3.63, 3.8) is 0 Å². The fraction of sp³-hybridized carbons (Fsp3) is 0.294. The van der Waals surface area contributed by atoms with Gasteiger partial charge in [-0.05, 0) is 37.6 Å². The number of nitrogens with zero attached hydrogens (tertiary/aromatic N) is 3. The Morgan fingerprint density at radius 3 is 2.45 bits per heavy atom.